The van der Waals surface area contributed by atoms with Crippen LogP contribution in [-0.4, -0.2) is 0 Å². The molecule has 0 atom stereocenters. The van der Waals surface area contributed by atoms with Gasteiger partial charge in [0.25, 0.3) is 0 Å². The molecular formula is C21H12F4O. The Kier molecular flexibility index (Phi) is 4.94. The molecule has 3 aromatic rings. The van der Waals surface area contributed by atoms with Gasteiger partial charge in [0.2, 0.25) is 17.4 Å². The van der Waals surface area contributed by atoms with Gasteiger partial charge >= 0.3 is 0 Å². The molecule has 0 aliphatic carbocycles. The van der Waals surface area contributed by atoms with Gasteiger partial charge in [-0.1, -0.05) is 47.7 Å². The van der Waals surface area contributed by atoms with Crippen LogP contribution in [0.5, 0.6) is 11.5 Å². The van der Waals surface area contributed by atoms with Gasteiger partial charge in [-0.05, 0) is 31.2 Å². The van der Waals surface area contributed by atoms with Crippen LogP contribution in [0.25, 0.3) is 0 Å². The maximum Gasteiger partial charge on any atom is 0.205 e. The van der Waals surface area contributed by atoms with E-state index < -0.39 is 34.6 Å². The Labute approximate surface area is 147 Å². The average molecular weight is 356 g/mol. The first-order chi connectivity index (χ1) is 12.5. The summed E-state index contributed by atoms with van der Waals surface area (Å²) in [5.41, 5.74) is 0.356. The van der Waals surface area contributed by atoms with Gasteiger partial charge in [-0.2, -0.15) is 8.78 Å². The van der Waals surface area contributed by atoms with Crippen LogP contribution < -0.4 is 4.74 Å². The Balaban J connectivity index is 2.02. The summed E-state index contributed by atoms with van der Waals surface area (Å²) in [6.45, 7) is 1.81. The molecule has 0 aliphatic rings. The van der Waals surface area contributed by atoms with Crippen molar-refractivity contribution < 1.29 is 22.3 Å². The topological polar surface area (TPSA) is 9.23 Å². The average Bonchev–Trinajstić information content (AvgIpc) is 2.66. The molecular weight excluding hydrogens is 344 g/mol. The molecule has 0 amide bonds. The molecule has 0 unspecified atom stereocenters. The van der Waals surface area contributed by atoms with Gasteiger partial charge < -0.3 is 4.74 Å². The number of rotatable bonds is 2. The first kappa shape index (κ1) is 17.6. The van der Waals surface area contributed by atoms with Crippen LogP contribution in [0, 0.1) is 42.0 Å². The lowest BCUT2D eigenvalue weighted by atomic mass is 10.1. The van der Waals surface area contributed by atoms with Gasteiger partial charge in [0, 0.05) is 5.56 Å². The predicted molar refractivity (Wildman–Crippen MR) is 89.9 cm³/mol. The van der Waals surface area contributed by atoms with Crippen molar-refractivity contribution in [2.75, 3.05) is 0 Å². The molecule has 0 heterocycles. The van der Waals surface area contributed by atoms with Crippen molar-refractivity contribution in [3.05, 3.63) is 94.6 Å². The number of aryl methyl sites for hydroxylation is 1. The molecule has 0 spiro atoms. The number of ether oxygens (including phenoxy) is 1. The van der Waals surface area contributed by atoms with E-state index in [1.165, 1.54) is 12.1 Å². The highest BCUT2D eigenvalue weighted by Gasteiger charge is 2.26. The van der Waals surface area contributed by atoms with Crippen molar-refractivity contribution in [2.45, 2.75) is 6.92 Å². The van der Waals surface area contributed by atoms with Crippen LogP contribution in [0.15, 0.2) is 54.6 Å². The normalized spacial score (nSPS) is 10.2. The highest BCUT2D eigenvalue weighted by molar-refractivity contribution is 5.48. The standard InChI is InChI=1S/C21H12F4O/c1-13-7-10-15(11-8-13)26-21-19(24)17(22)16(18(23)20(21)25)12-9-14-5-3-2-4-6-14/h2-8,10-11H,1H3. The summed E-state index contributed by atoms with van der Waals surface area (Å²) in [6.07, 6.45) is 0. The first-order valence-electron chi connectivity index (χ1n) is 7.65. The van der Waals surface area contributed by atoms with Crippen molar-refractivity contribution >= 4 is 0 Å². The van der Waals surface area contributed by atoms with Gasteiger partial charge in [-0.15, -0.1) is 0 Å². The highest BCUT2D eigenvalue weighted by Crippen LogP contribution is 2.33. The van der Waals surface area contributed by atoms with E-state index in [0.717, 1.165) is 5.56 Å². The second-order valence-corrected chi connectivity index (χ2v) is 5.49. The van der Waals surface area contributed by atoms with E-state index in [9.17, 15) is 17.6 Å². The predicted octanol–water partition coefficient (Wildman–Crippen LogP) is 5.74. The van der Waals surface area contributed by atoms with E-state index in [-0.39, 0.29) is 5.75 Å². The number of hydrogen-bond acceptors (Lipinski definition) is 1. The van der Waals surface area contributed by atoms with E-state index in [2.05, 4.69) is 11.8 Å². The Morgan fingerprint density at radius 1 is 0.692 bits per heavy atom. The monoisotopic (exact) mass is 356 g/mol. The molecule has 3 rings (SSSR count). The minimum absolute atomic E-state index is 0.0512. The third kappa shape index (κ3) is 3.55. The maximum absolute atomic E-state index is 14.2. The third-order valence-corrected chi connectivity index (χ3v) is 3.57. The van der Waals surface area contributed by atoms with Crippen molar-refractivity contribution in [1.82, 2.24) is 0 Å². The summed E-state index contributed by atoms with van der Waals surface area (Å²) in [5, 5.41) is 0. The molecule has 0 aliphatic heterocycles. The Bertz CT molecular complexity index is 971. The van der Waals surface area contributed by atoms with Gasteiger partial charge in [-0.3, -0.25) is 0 Å². The fourth-order valence-corrected chi connectivity index (χ4v) is 2.19. The summed E-state index contributed by atoms with van der Waals surface area (Å²) in [6, 6.07) is 14.4. The summed E-state index contributed by atoms with van der Waals surface area (Å²) >= 11 is 0. The lowest BCUT2D eigenvalue weighted by Crippen LogP contribution is -2.04. The van der Waals surface area contributed by atoms with Gasteiger partial charge in [-0.25, -0.2) is 8.78 Å². The molecule has 130 valence electrons. The smallest absolute Gasteiger partial charge is 0.205 e. The van der Waals surface area contributed by atoms with Gasteiger partial charge in [0.1, 0.15) is 11.3 Å². The van der Waals surface area contributed by atoms with Crippen molar-refractivity contribution in [3.63, 3.8) is 0 Å². The van der Waals surface area contributed by atoms with E-state index in [4.69, 9.17) is 4.74 Å². The molecule has 5 heteroatoms. The third-order valence-electron chi connectivity index (χ3n) is 3.57. The maximum atomic E-state index is 14.2. The molecule has 3 aromatic carbocycles. The fourth-order valence-electron chi connectivity index (χ4n) is 2.19. The summed E-state index contributed by atoms with van der Waals surface area (Å²) in [7, 11) is 0. The first-order valence-corrected chi connectivity index (χ1v) is 7.65. The Morgan fingerprint density at radius 2 is 1.27 bits per heavy atom. The zero-order valence-corrected chi connectivity index (χ0v) is 13.6. The highest BCUT2D eigenvalue weighted by atomic mass is 19.2. The van der Waals surface area contributed by atoms with Gasteiger partial charge in [0.15, 0.2) is 11.6 Å². The minimum atomic E-state index is -1.64. The fraction of sp³-hybridized carbons (Fsp3) is 0.0476. The lowest BCUT2D eigenvalue weighted by molar-refractivity contribution is 0.364. The quantitative estimate of drug-likeness (QED) is 0.323. The summed E-state index contributed by atoms with van der Waals surface area (Å²) < 4.78 is 61.9. The molecule has 0 fully saturated rings. The van der Waals surface area contributed by atoms with Crippen molar-refractivity contribution in [1.29, 1.82) is 0 Å². The molecule has 0 N–H and O–H groups in total. The zero-order valence-electron chi connectivity index (χ0n) is 13.6. The molecule has 1 nitrogen and oxygen atoms in total. The second kappa shape index (κ2) is 7.32. The molecule has 0 radical (unpaired) electrons. The second-order valence-electron chi connectivity index (χ2n) is 5.49. The van der Waals surface area contributed by atoms with Crippen LogP contribution in [-0.2, 0) is 0 Å². The van der Waals surface area contributed by atoms with E-state index >= 15 is 0 Å². The van der Waals surface area contributed by atoms with Crippen molar-refractivity contribution in [2.24, 2.45) is 0 Å². The Hall–Kier alpha value is -3.26. The largest absolute Gasteiger partial charge is 0.451 e. The molecule has 0 bridgehead atoms. The van der Waals surface area contributed by atoms with E-state index in [0.29, 0.717) is 5.56 Å². The molecule has 0 saturated carbocycles. The summed E-state index contributed by atoms with van der Waals surface area (Å²) in [4.78, 5) is 0. The van der Waals surface area contributed by atoms with E-state index in [1.807, 2.05) is 6.92 Å². The SMILES string of the molecule is Cc1ccc(Oc2c(F)c(F)c(C#Cc3ccccc3)c(F)c2F)cc1. The lowest BCUT2D eigenvalue weighted by Gasteiger charge is -2.10. The number of benzene rings is 3. The van der Waals surface area contributed by atoms with Crippen LogP contribution >= 0.6 is 0 Å². The number of halogens is 4. The number of hydrogen-bond donors (Lipinski definition) is 0. The van der Waals surface area contributed by atoms with Crippen LogP contribution in [0.3, 0.4) is 0 Å². The molecule has 26 heavy (non-hydrogen) atoms. The Morgan fingerprint density at radius 3 is 1.85 bits per heavy atom. The molecule has 0 aromatic heterocycles. The van der Waals surface area contributed by atoms with Crippen LogP contribution in [0.2, 0.25) is 0 Å². The van der Waals surface area contributed by atoms with Crippen LogP contribution in [0.1, 0.15) is 16.7 Å². The zero-order chi connectivity index (χ0) is 18.7. The van der Waals surface area contributed by atoms with E-state index in [1.54, 1.807) is 42.5 Å². The minimum Gasteiger partial charge on any atom is -0.451 e. The van der Waals surface area contributed by atoms with Crippen LogP contribution in [0.4, 0.5) is 17.6 Å². The summed E-state index contributed by atoms with van der Waals surface area (Å²) in [5.74, 6) is -2.96. The van der Waals surface area contributed by atoms with Gasteiger partial charge in [0.05, 0.1) is 0 Å². The molecule has 0 saturated heterocycles. The van der Waals surface area contributed by atoms with Crippen molar-refractivity contribution in [3.8, 4) is 23.3 Å².